The number of nitrogen functional groups attached to an aromatic ring is 1. The van der Waals surface area contributed by atoms with Crippen molar-refractivity contribution >= 4 is 32.6 Å². The molecule has 0 aliphatic heterocycles. The van der Waals surface area contributed by atoms with Gasteiger partial charge >= 0.3 is 0 Å². The zero-order valence-corrected chi connectivity index (χ0v) is 12.4. The molecule has 0 aliphatic carbocycles. The minimum Gasteiger partial charge on any atom is -0.455 e. The number of fused-ring (bicyclic) bond motifs is 1. The number of benzene rings is 2. The van der Waals surface area contributed by atoms with Crippen LogP contribution in [0.4, 0.5) is 5.69 Å². The van der Waals surface area contributed by atoms with Crippen LogP contribution in [0.2, 0.25) is 0 Å². The third-order valence-electron chi connectivity index (χ3n) is 3.26. The molecule has 3 aromatic rings. The summed E-state index contributed by atoms with van der Waals surface area (Å²) >= 11 is 3.57. The molecule has 0 atom stereocenters. The van der Waals surface area contributed by atoms with Gasteiger partial charge in [-0.25, -0.2) is 0 Å². The SMILES string of the molecule is Cc1cc(-c2oc3cc(N)ccc3c2Br)ccc1C#N. The van der Waals surface area contributed by atoms with E-state index in [4.69, 9.17) is 15.4 Å². The summed E-state index contributed by atoms with van der Waals surface area (Å²) in [6.45, 7) is 1.91. The third kappa shape index (κ3) is 1.97. The molecular formula is C16H11BrN2O. The molecule has 4 heteroatoms. The Morgan fingerprint density at radius 2 is 2.00 bits per heavy atom. The predicted molar refractivity (Wildman–Crippen MR) is 83.2 cm³/mol. The maximum atomic E-state index is 8.98. The maximum Gasteiger partial charge on any atom is 0.149 e. The van der Waals surface area contributed by atoms with Crippen LogP contribution in [0.5, 0.6) is 0 Å². The van der Waals surface area contributed by atoms with Crippen molar-refractivity contribution in [2.75, 3.05) is 5.73 Å². The molecule has 0 spiro atoms. The summed E-state index contributed by atoms with van der Waals surface area (Å²) in [6, 6.07) is 13.4. The molecule has 2 aromatic carbocycles. The average molecular weight is 327 g/mol. The number of anilines is 1. The van der Waals surface area contributed by atoms with Gasteiger partial charge in [0.15, 0.2) is 0 Å². The first-order chi connectivity index (χ1) is 9.60. The number of nitrogens with zero attached hydrogens (tertiary/aromatic N) is 1. The van der Waals surface area contributed by atoms with E-state index in [0.29, 0.717) is 11.3 Å². The van der Waals surface area contributed by atoms with E-state index in [1.54, 1.807) is 12.1 Å². The fraction of sp³-hybridized carbons (Fsp3) is 0.0625. The van der Waals surface area contributed by atoms with E-state index in [1.807, 2.05) is 31.2 Å². The molecule has 0 fully saturated rings. The quantitative estimate of drug-likeness (QED) is 0.663. The molecular weight excluding hydrogens is 316 g/mol. The largest absolute Gasteiger partial charge is 0.455 e. The van der Waals surface area contributed by atoms with Gasteiger partial charge in [0.05, 0.1) is 16.1 Å². The van der Waals surface area contributed by atoms with Gasteiger partial charge in [0.2, 0.25) is 0 Å². The third-order valence-corrected chi connectivity index (χ3v) is 4.05. The van der Waals surface area contributed by atoms with E-state index in [2.05, 4.69) is 22.0 Å². The molecule has 0 aliphatic rings. The van der Waals surface area contributed by atoms with Crippen LogP contribution in [0.1, 0.15) is 11.1 Å². The van der Waals surface area contributed by atoms with Crippen LogP contribution in [0, 0.1) is 18.3 Å². The summed E-state index contributed by atoms with van der Waals surface area (Å²) in [7, 11) is 0. The van der Waals surface area contributed by atoms with Crippen LogP contribution in [-0.2, 0) is 0 Å². The van der Waals surface area contributed by atoms with Gasteiger partial charge < -0.3 is 10.2 Å². The Morgan fingerprint density at radius 3 is 2.70 bits per heavy atom. The Kier molecular flexibility index (Phi) is 3.00. The predicted octanol–water partition coefficient (Wildman–Crippen LogP) is 4.62. The zero-order valence-electron chi connectivity index (χ0n) is 10.8. The Hall–Kier alpha value is -2.25. The molecule has 20 heavy (non-hydrogen) atoms. The minimum absolute atomic E-state index is 0.668. The Balaban J connectivity index is 2.22. The number of furan rings is 1. The lowest BCUT2D eigenvalue weighted by Gasteiger charge is -2.01. The second-order valence-corrected chi connectivity index (χ2v) is 5.44. The number of halogens is 1. The van der Waals surface area contributed by atoms with Gasteiger partial charge in [-0.05, 0) is 58.7 Å². The Labute approximate surface area is 124 Å². The molecule has 0 saturated heterocycles. The summed E-state index contributed by atoms with van der Waals surface area (Å²) in [5.41, 5.74) is 9.72. The Morgan fingerprint density at radius 1 is 1.20 bits per heavy atom. The number of rotatable bonds is 1. The molecule has 1 heterocycles. The van der Waals surface area contributed by atoms with Crippen LogP contribution in [-0.4, -0.2) is 0 Å². The van der Waals surface area contributed by atoms with E-state index >= 15 is 0 Å². The monoisotopic (exact) mass is 326 g/mol. The summed E-state index contributed by atoms with van der Waals surface area (Å²) < 4.78 is 6.78. The van der Waals surface area contributed by atoms with Crippen molar-refractivity contribution in [1.29, 1.82) is 5.26 Å². The van der Waals surface area contributed by atoms with Crippen molar-refractivity contribution in [2.24, 2.45) is 0 Å². The molecule has 2 N–H and O–H groups in total. The van der Waals surface area contributed by atoms with Gasteiger partial charge in [-0.2, -0.15) is 5.26 Å². The summed E-state index contributed by atoms with van der Waals surface area (Å²) in [5.74, 6) is 0.748. The van der Waals surface area contributed by atoms with Crippen molar-refractivity contribution in [3.63, 3.8) is 0 Å². The highest BCUT2D eigenvalue weighted by Gasteiger charge is 2.14. The van der Waals surface area contributed by atoms with Crippen LogP contribution in [0.3, 0.4) is 0 Å². The first-order valence-corrected chi connectivity index (χ1v) is 6.88. The van der Waals surface area contributed by atoms with Crippen LogP contribution in [0.25, 0.3) is 22.3 Å². The van der Waals surface area contributed by atoms with E-state index in [0.717, 1.165) is 32.3 Å². The number of hydrogen-bond acceptors (Lipinski definition) is 3. The van der Waals surface area contributed by atoms with E-state index in [9.17, 15) is 0 Å². The lowest BCUT2D eigenvalue weighted by Crippen LogP contribution is -1.83. The maximum absolute atomic E-state index is 8.98. The lowest BCUT2D eigenvalue weighted by atomic mass is 10.0. The molecule has 0 radical (unpaired) electrons. The fourth-order valence-electron chi connectivity index (χ4n) is 2.20. The van der Waals surface area contributed by atoms with Crippen LogP contribution >= 0.6 is 15.9 Å². The molecule has 0 unspecified atom stereocenters. The van der Waals surface area contributed by atoms with Gasteiger partial charge in [0, 0.05) is 22.7 Å². The van der Waals surface area contributed by atoms with Crippen LogP contribution in [0.15, 0.2) is 45.3 Å². The van der Waals surface area contributed by atoms with Crippen molar-refractivity contribution < 1.29 is 4.42 Å². The zero-order chi connectivity index (χ0) is 14.3. The topological polar surface area (TPSA) is 62.9 Å². The summed E-state index contributed by atoms with van der Waals surface area (Å²) in [6.07, 6.45) is 0. The first kappa shape index (κ1) is 12.8. The molecule has 0 bridgehead atoms. The molecule has 98 valence electrons. The van der Waals surface area contributed by atoms with Gasteiger partial charge in [-0.3, -0.25) is 0 Å². The van der Waals surface area contributed by atoms with Gasteiger partial charge in [-0.1, -0.05) is 0 Å². The average Bonchev–Trinajstić information content (AvgIpc) is 2.75. The van der Waals surface area contributed by atoms with Gasteiger partial charge in [0.1, 0.15) is 11.3 Å². The van der Waals surface area contributed by atoms with E-state index in [1.165, 1.54) is 0 Å². The van der Waals surface area contributed by atoms with E-state index in [-0.39, 0.29) is 0 Å². The molecule has 3 nitrogen and oxygen atoms in total. The molecule has 0 amide bonds. The van der Waals surface area contributed by atoms with Crippen molar-refractivity contribution in [3.05, 3.63) is 52.0 Å². The van der Waals surface area contributed by atoms with Gasteiger partial charge in [0.25, 0.3) is 0 Å². The highest BCUT2D eigenvalue weighted by molar-refractivity contribution is 9.10. The minimum atomic E-state index is 0.668. The number of nitrogens with two attached hydrogens (primary N) is 1. The van der Waals surface area contributed by atoms with E-state index < -0.39 is 0 Å². The van der Waals surface area contributed by atoms with Gasteiger partial charge in [-0.15, -0.1) is 0 Å². The fourth-order valence-corrected chi connectivity index (χ4v) is 2.84. The number of hydrogen-bond donors (Lipinski definition) is 1. The first-order valence-electron chi connectivity index (χ1n) is 6.09. The smallest absolute Gasteiger partial charge is 0.149 e. The highest BCUT2D eigenvalue weighted by atomic mass is 79.9. The summed E-state index contributed by atoms with van der Waals surface area (Å²) in [4.78, 5) is 0. The number of nitriles is 1. The molecule has 0 saturated carbocycles. The normalized spacial score (nSPS) is 10.7. The van der Waals surface area contributed by atoms with Crippen molar-refractivity contribution in [3.8, 4) is 17.4 Å². The highest BCUT2D eigenvalue weighted by Crippen LogP contribution is 2.38. The standard InChI is InChI=1S/C16H11BrN2O/c1-9-6-10(2-3-11(9)8-18)16-15(17)13-5-4-12(19)7-14(13)20-16/h2-7H,19H2,1H3. The summed E-state index contributed by atoms with van der Waals surface area (Å²) in [5, 5.41) is 9.97. The molecule has 3 rings (SSSR count). The van der Waals surface area contributed by atoms with Crippen LogP contribution < -0.4 is 5.73 Å². The number of aryl methyl sites for hydroxylation is 1. The molecule has 1 aromatic heterocycles. The van der Waals surface area contributed by atoms with Crippen molar-refractivity contribution in [2.45, 2.75) is 6.92 Å². The Bertz CT molecular complexity index is 859. The van der Waals surface area contributed by atoms with Crippen molar-refractivity contribution in [1.82, 2.24) is 0 Å². The second kappa shape index (κ2) is 4.69. The lowest BCUT2D eigenvalue weighted by molar-refractivity contribution is 0.630. The second-order valence-electron chi connectivity index (χ2n) is 4.64.